The van der Waals surface area contributed by atoms with Crippen molar-refractivity contribution in [2.45, 2.75) is 18.9 Å². The number of nitrogens with zero attached hydrogens (tertiary/aromatic N) is 2. The van der Waals surface area contributed by atoms with Crippen LogP contribution in [0.4, 0.5) is 10.5 Å². The van der Waals surface area contributed by atoms with E-state index in [0.717, 1.165) is 37.9 Å². The molecule has 96 valence electrons. The van der Waals surface area contributed by atoms with E-state index in [1.54, 1.807) is 0 Å². The fraction of sp³-hybridized carbons (Fsp3) is 0.500. The minimum Gasteiger partial charge on any atom is -0.322 e. The number of carbonyl (C=O) groups is 1. The van der Waals surface area contributed by atoms with Crippen LogP contribution in [-0.2, 0) is 0 Å². The number of para-hydroxylation sites is 1. The second kappa shape index (κ2) is 4.98. The summed E-state index contributed by atoms with van der Waals surface area (Å²) in [5.41, 5.74) is 0.868. The SMILES string of the molecule is O=C(Nc1ccccc1)N1CCN(C2CC2)CC1. The van der Waals surface area contributed by atoms with Crippen molar-refractivity contribution in [1.82, 2.24) is 9.80 Å². The first-order chi connectivity index (χ1) is 8.83. The van der Waals surface area contributed by atoms with Crippen molar-refractivity contribution >= 4 is 11.7 Å². The van der Waals surface area contributed by atoms with Crippen molar-refractivity contribution in [3.63, 3.8) is 0 Å². The van der Waals surface area contributed by atoms with Gasteiger partial charge in [0.15, 0.2) is 0 Å². The number of urea groups is 1. The van der Waals surface area contributed by atoms with Crippen molar-refractivity contribution in [2.24, 2.45) is 0 Å². The Bertz CT molecular complexity index is 408. The Labute approximate surface area is 108 Å². The molecular formula is C14H19N3O. The molecule has 18 heavy (non-hydrogen) atoms. The average Bonchev–Trinajstić information content (AvgIpc) is 3.24. The van der Waals surface area contributed by atoms with Crippen LogP contribution in [-0.4, -0.2) is 48.1 Å². The highest BCUT2D eigenvalue weighted by Gasteiger charge is 2.32. The maximum Gasteiger partial charge on any atom is 0.321 e. The van der Waals surface area contributed by atoms with Gasteiger partial charge in [0.25, 0.3) is 0 Å². The van der Waals surface area contributed by atoms with Crippen LogP contribution in [0, 0.1) is 0 Å². The van der Waals surface area contributed by atoms with Crippen LogP contribution in [0.1, 0.15) is 12.8 Å². The Morgan fingerprint density at radius 2 is 1.72 bits per heavy atom. The number of benzene rings is 1. The number of rotatable bonds is 2. The predicted molar refractivity (Wildman–Crippen MR) is 71.6 cm³/mol. The third-order valence-electron chi connectivity index (χ3n) is 3.69. The van der Waals surface area contributed by atoms with Crippen LogP contribution in [0.3, 0.4) is 0 Å². The van der Waals surface area contributed by atoms with Crippen LogP contribution in [0.5, 0.6) is 0 Å². The second-order valence-electron chi connectivity index (χ2n) is 5.05. The molecule has 3 rings (SSSR count). The van der Waals surface area contributed by atoms with Gasteiger partial charge in [0, 0.05) is 37.9 Å². The fourth-order valence-electron chi connectivity index (χ4n) is 2.45. The first-order valence-electron chi connectivity index (χ1n) is 6.68. The van der Waals surface area contributed by atoms with Gasteiger partial charge in [-0.3, -0.25) is 4.90 Å². The Kier molecular flexibility index (Phi) is 3.19. The minimum atomic E-state index is 0.0247. The molecule has 1 aromatic rings. The lowest BCUT2D eigenvalue weighted by atomic mass is 10.3. The topological polar surface area (TPSA) is 35.6 Å². The Morgan fingerprint density at radius 1 is 1.06 bits per heavy atom. The normalized spacial score (nSPS) is 20.8. The second-order valence-corrected chi connectivity index (χ2v) is 5.05. The smallest absolute Gasteiger partial charge is 0.321 e. The van der Waals surface area contributed by atoms with Gasteiger partial charge in [-0.25, -0.2) is 4.79 Å². The third kappa shape index (κ3) is 2.64. The highest BCUT2D eigenvalue weighted by Crippen LogP contribution is 2.27. The standard InChI is InChI=1S/C14H19N3O/c18-14(15-12-4-2-1-3-5-12)17-10-8-16(9-11-17)13-6-7-13/h1-5,13H,6-11H2,(H,15,18). The zero-order chi connectivity index (χ0) is 12.4. The molecule has 1 saturated carbocycles. The number of hydrogen-bond donors (Lipinski definition) is 1. The predicted octanol–water partition coefficient (Wildman–Crippen LogP) is 2.00. The third-order valence-corrected chi connectivity index (χ3v) is 3.69. The molecule has 1 heterocycles. The maximum atomic E-state index is 12.1. The van der Waals surface area contributed by atoms with Gasteiger partial charge in [-0.2, -0.15) is 0 Å². The van der Waals surface area contributed by atoms with Gasteiger partial charge in [0.1, 0.15) is 0 Å². The van der Waals surface area contributed by atoms with E-state index in [-0.39, 0.29) is 6.03 Å². The van der Waals surface area contributed by atoms with E-state index >= 15 is 0 Å². The molecule has 2 amide bonds. The summed E-state index contributed by atoms with van der Waals surface area (Å²) < 4.78 is 0. The molecule has 1 aromatic carbocycles. The zero-order valence-electron chi connectivity index (χ0n) is 10.5. The first-order valence-corrected chi connectivity index (χ1v) is 6.68. The van der Waals surface area contributed by atoms with Crippen LogP contribution < -0.4 is 5.32 Å². The number of amides is 2. The zero-order valence-corrected chi connectivity index (χ0v) is 10.5. The van der Waals surface area contributed by atoms with E-state index in [4.69, 9.17) is 0 Å². The van der Waals surface area contributed by atoms with Crippen molar-refractivity contribution in [2.75, 3.05) is 31.5 Å². The number of carbonyl (C=O) groups excluding carboxylic acids is 1. The van der Waals surface area contributed by atoms with Gasteiger partial charge in [0.05, 0.1) is 0 Å². The molecule has 0 spiro atoms. The fourth-order valence-corrected chi connectivity index (χ4v) is 2.45. The van der Waals surface area contributed by atoms with E-state index < -0.39 is 0 Å². The van der Waals surface area contributed by atoms with Crippen LogP contribution in [0.25, 0.3) is 0 Å². The summed E-state index contributed by atoms with van der Waals surface area (Å²) >= 11 is 0. The highest BCUT2D eigenvalue weighted by atomic mass is 16.2. The molecular weight excluding hydrogens is 226 g/mol. The minimum absolute atomic E-state index is 0.0247. The average molecular weight is 245 g/mol. The number of nitrogens with one attached hydrogen (secondary N) is 1. The molecule has 0 radical (unpaired) electrons. The van der Waals surface area contributed by atoms with Crippen LogP contribution in [0.15, 0.2) is 30.3 Å². The van der Waals surface area contributed by atoms with Gasteiger partial charge in [-0.1, -0.05) is 18.2 Å². The highest BCUT2D eigenvalue weighted by molar-refractivity contribution is 5.89. The summed E-state index contributed by atoms with van der Waals surface area (Å²) in [7, 11) is 0. The Hall–Kier alpha value is -1.55. The molecule has 0 aromatic heterocycles. The monoisotopic (exact) mass is 245 g/mol. The lowest BCUT2D eigenvalue weighted by Crippen LogP contribution is -2.50. The van der Waals surface area contributed by atoms with Crippen molar-refractivity contribution < 1.29 is 4.79 Å². The lowest BCUT2D eigenvalue weighted by Gasteiger charge is -2.34. The van der Waals surface area contributed by atoms with Crippen molar-refractivity contribution in [3.05, 3.63) is 30.3 Å². The van der Waals surface area contributed by atoms with Crippen LogP contribution in [0.2, 0.25) is 0 Å². The van der Waals surface area contributed by atoms with Gasteiger partial charge in [-0.05, 0) is 25.0 Å². The first kappa shape index (κ1) is 11.5. The number of piperazine rings is 1. The summed E-state index contributed by atoms with van der Waals surface area (Å²) in [5.74, 6) is 0. The Morgan fingerprint density at radius 3 is 2.33 bits per heavy atom. The van der Waals surface area contributed by atoms with E-state index in [1.165, 1.54) is 12.8 Å². The molecule has 0 unspecified atom stereocenters. The van der Waals surface area contributed by atoms with E-state index in [0.29, 0.717) is 0 Å². The summed E-state index contributed by atoms with van der Waals surface area (Å²) in [4.78, 5) is 16.5. The molecule has 0 atom stereocenters. The molecule has 1 aliphatic heterocycles. The van der Waals surface area contributed by atoms with Crippen molar-refractivity contribution in [3.8, 4) is 0 Å². The lowest BCUT2D eigenvalue weighted by molar-refractivity contribution is 0.142. The summed E-state index contributed by atoms with van der Waals surface area (Å²) in [5, 5.41) is 2.94. The van der Waals surface area contributed by atoms with E-state index in [2.05, 4.69) is 10.2 Å². The largest absolute Gasteiger partial charge is 0.322 e. The molecule has 2 aliphatic rings. The molecule has 1 saturated heterocycles. The molecule has 1 aliphatic carbocycles. The molecule has 4 nitrogen and oxygen atoms in total. The van der Waals surface area contributed by atoms with Crippen LogP contribution >= 0.6 is 0 Å². The van der Waals surface area contributed by atoms with Gasteiger partial charge in [0.2, 0.25) is 0 Å². The molecule has 0 bridgehead atoms. The summed E-state index contributed by atoms with van der Waals surface area (Å²) in [6.07, 6.45) is 2.69. The molecule has 1 N–H and O–H groups in total. The van der Waals surface area contributed by atoms with Gasteiger partial charge in [-0.15, -0.1) is 0 Å². The van der Waals surface area contributed by atoms with E-state index in [1.807, 2.05) is 35.2 Å². The molecule has 4 heteroatoms. The summed E-state index contributed by atoms with van der Waals surface area (Å²) in [6.45, 7) is 3.73. The van der Waals surface area contributed by atoms with Gasteiger partial charge >= 0.3 is 6.03 Å². The maximum absolute atomic E-state index is 12.1. The number of anilines is 1. The number of hydrogen-bond acceptors (Lipinski definition) is 2. The van der Waals surface area contributed by atoms with E-state index in [9.17, 15) is 4.79 Å². The van der Waals surface area contributed by atoms with Gasteiger partial charge < -0.3 is 10.2 Å². The Balaban J connectivity index is 1.51. The quantitative estimate of drug-likeness (QED) is 0.865. The van der Waals surface area contributed by atoms with Crippen molar-refractivity contribution in [1.29, 1.82) is 0 Å². The summed E-state index contributed by atoms with van der Waals surface area (Å²) in [6, 6.07) is 10.5. The molecule has 2 fully saturated rings.